The summed E-state index contributed by atoms with van der Waals surface area (Å²) in [5, 5.41) is 24.4. The number of rotatable bonds is 8. The van der Waals surface area contributed by atoms with Crippen molar-refractivity contribution >= 4 is 5.78 Å². The second kappa shape index (κ2) is 8.51. The second-order valence-corrected chi connectivity index (χ2v) is 6.30. The number of aromatic amines is 1. The van der Waals surface area contributed by atoms with Crippen LogP contribution in [0.25, 0.3) is 11.4 Å². The smallest absolute Gasteiger partial charge is 0.204 e. The topological polar surface area (TPSA) is 110 Å². The van der Waals surface area contributed by atoms with Gasteiger partial charge in [0.15, 0.2) is 5.78 Å². The molecule has 0 aliphatic rings. The summed E-state index contributed by atoms with van der Waals surface area (Å²) < 4.78 is 11.4. The number of nitrogens with one attached hydrogen (secondary N) is 1. The molecule has 0 bridgehead atoms. The van der Waals surface area contributed by atoms with Crippen LogP contribution in [-0.4, -0.2) is 38.6 Å². The SMILES string of the molecule is CCCc1c(OCc2ccc(-c3nn[nH]n3)cc2OC)ccc(C(C)=O)c1O. The predicted molar refractivity (Wildman–Crippen MR) is 103 cm³/mol. The molecule has 0 saturated carbocycles. The minimum atomic E-state index is -0.180. The lowest BCUT2D eigenvalue weighted by Crippen LogP contribution is -2.03. The van der Waals surface area contributed by atoms with Crippen LogP contribution in [0.3, 0.4) is 0 Å². The van der Waals surface area contributed by atoms with Crippen molar-refractivity contribution in [3.63, 3.8) is 0 Å². The molecule has 0 atom stereocenters. The number of methoxy groups -OCH3 is 1. The molecule has 0 unspecified atom stereocenters. The fourth-order valence-electron chi connectivity index (χ4n) is 2.97. The van der Waals surface area contributed by atoms with Crippen molar-refractivity contribution in [2.24, 2.45) is 0 Å². The van der Waals surface area contributed by atoms with Gasteiger partial charge in [-0.05, 0) is 36.8 Å². The average Bonchev–Trinajstić information content (AvgIpc) is 3.23. The molecule has 0 fully saturated rings. The molecule has 3 aromatic rings. The zero-order valence-electron chi connectivity index (χ0n) is 16.0. The number of tetrazole rings is 1. The highest BCUT2D eigenvalue weighted by Crippen LogP contribution is 2.34. The summed E-state index contributed by atoms with van der Waals surface area (Å²) >= 11 is 0. The molecule has 1 heterocycles. The summed E-state index contributed by atoms with van der Waals surface area (Å²) in [6.45, 7) is 3.68. The van der Waals surface area contributed by atoms with Crippen LogP contribution in [0.15, 0.2) is 30.3 Å². The first-order valence-electron chi connectivity index (χ1n) is 8.94. The molecule has 0 aliphatic heterocycles. The minimum absolute atomic E-state index is 0.00808. The van der Waals surface area contributed by atoms with Gasteiger partial charge in [-0.15, -0.1) is 10.2 Å². The number of nitrogens with zero attached hydrogens (tertiary/aromatic N) is 3. The molecule has 0 aliphatic carbocycles. The summed E-state index contributed by atoms with van der Waals surface area (Å²) in [4.78, 5) is 11.7. The molecule has 8 nitrogen and oxygen atoms in total. The van der Waals surface area contributed by atoms with E-state index in [1.165, 1.54) is 6.92 Å². The monoisotopic (exact) mass is 382 g/mol. The first-order valence-corrected chi connectivity index (χ1v) is 8.94. The Bertz CT molecular complexity index is 971. The Hall–Kier alpha value is -3.42. The highest BCUT2D eigenvalue weighted by atomic mass is 16.5. The van der Waals surface area contributed by atoms with Gasteiger partial charge in [0.25, 0.3) is 0 Å². The molecule has 0 spiro atoms. The molecular weight excluding hydrogens is 360 g/mol. The van der Waals surface area contributed by atoms with Gasteiger partial charge in [-0.1, -0.05) is 25.5 Å². The molecule has 0 radical (unpaired) electrons. The molecule has 8 heteroatoms. The van der Waals surface area contributed by atoms with Gasteiger partial charge in [-0.25, -0.2) is 0 Å². The van der Waals surface area contributed by atoms with E-state index in [-0.39, 0.29) is 18.1 Å². The molecule has 2 aromatic carbocycles. The van der Waals surface area contributed by atoms with E-state index >= 15 is 0 Å². The second-order valence-electron chi connectivity index (χ2n) is 6.30. The van der Waals surface area contributed by atoms with Crippen molar-refractivity contribution in [1.29, 1.82) is 0 Å². The Morgan fingerprint density at radius 3 is 2.68 bits per heavy atom. The van der Waals surface area contributed by atoms with E-state index in [0.29, 0.717) is 34.9 Å². The quantitative estimate of drug-likeness (QED) is 0.575. The van der Waals surface area contributed by atoms with Crippen molar-refractivity contribution in [3.8, 4) is 28.6 Å². The number of ether oxygens (including phenoxy) is 2. The molecule has 1 aromatic heterocycles. The van der Waals surface area contributed by atoms with E-state index in [4.69, 9.17) is 9.47 Å². The predicted octanol–water partition coefficient (Wildman–Crippen LogP) is 3.32. The van der Waals surface area contributed by atoms with E-state index < -0.39 is 0 Å². The summed E-state index contributed by atoms with van der Waals surface area (Å²) in [5.74, 6) is 1.46. The van der Waals surface area contributed by atoms with Gasteiger partial charge in [-0.3, -0.25) is 4.79 Å². The van der Waals surface area contributed by atoms with Crippen LogP contribution in [-0.2, 0) is 13.0 Å². The van der Waals surface area contributed by atoms with Crippen LogP contribution in [0.4, 0.5) is 0 Å². The third-order valence-corrected chi connectivity index (χ3v) is 4.39. The fourth-order valence-corrected chi connectivity index (χ4v) is 2.97. The van der Waals surface area contributed by atoms with Gasteiger partial charge in [0, 0.05) is 16.7 Å². The molecule has 2 N–H and O–H groups in total. The van der Waals surface area contributed by atoms with Crippen molar-refractivity contribution in [1.82, 2.24) is 20.6 Å². The molecule has 3 rings (SSSR count). The third-order valence-electron chi connectivity index (χ3n) is 4.39. The van der Waals surface area contributed by atoms with Crippen molar-refractivity contribution in [2.45, 2.75) is 33.3 Å². The Kier molecular flexibility index (Phi) is 5.88. The summed E-state index contributed by atoms with van der Waals surface area (Å²) in [6, 6.07) is 8.85. The molecule has 146 valence electrons. The number of hydrogen-bond donors (Lipinski definition) is 2. The van der Waals surface area contributed by atoms with E-state index in [0.717, 1.165) is 17.5 Å². The van der Waals surface area contributed by atoms with Crippen LogP contribution in [0, 0.1) is 0 Å². The zero-order valence-corrected chi connectivity index (χ0v) is 16.0. The van der Waals surface area contributed by atoms with Crippen LogP contribution in [0.1, 0.15) is 41.8 Å². The first-order chi connectivity index (χ1) is 13.5. The lowest BCUT2D eigenvalue weighted by molar-refractivity contribution is 0.101. The minimum Gasteiger partial charge on any atom is -0.507 e. The number of aromatic hydroxyl groups is 1. The van der Waals surface area contributed by atoms with Gasteiger partial charge in [0.1, 0.15) is 23.9 Å². The van der Waals surface area contributed by atoms with Crippen LogP contribution in [0.2, 0.25) is 0 Å². The van der Waals surface area contributed by atoms with Gasteiger partial charge in [0.2, 0.25) is 5.82 Å². The maximum absolute atomic E-state index is 11.7. The lowest BCUT2D eigenvalue weighted by atomic mass is 10.0. The molecule has 28 heavy (non-hydrogen) atoms. The first kappa shape index (κ1) is 19.3. The highest BCUT2D eigenvalue weighted by Gasteiger charge is 2.17. The van der Waals surface area contributed by atoms with E-state index in [1.807, 2.05) is 25.1 Å². The van der Waals surface area contributed by atoms with E-state index in [9.17, 15) is 9.90 Å². The normalized spacial score (nSPS) is 10.7. The standard InChI is InChI=1S/C20H22N4O4/c1-4-5-16-17(9-8-15(12(2)25)19(16)26)28-11-14-7-6-13(10-18(14)27-3)20-21-23-24-22-20/h6-10,26H,4-5,11H2,1-3H3,(H,21,22,23,24). The number of benzene rings is 2. The van der Waals surface area contributed by atoms with Gasteiger partial charge >= 0.3 is 0 Å². The summed E-state index contributed by atoms with van der Waals surface area (Å²) in [5.41, 5.74) is 2.53. The number of aromatic nitrogens is 4. The number of phenolic OH excluding ortho intramolecular Hbond substituents is 1. The number of ketones is 1. The number of carbonyl (C=O) groups excluding carboxylic acids is 1. The van der Waals surface area contributed by atoms with Crippen molar-refractivity contribution < 1.29 is 19.4 Å². The number of phenols is 1. The van der Waals surface area contributed by atoms with Crippen LogP contribution in [0.5, 0.6) is 17.2 Å². The Balaban J connectivity index is 1.85. The summed E-state index contributed by atoms with van der Waals surface area (Å²) in [7, 11) is 1.58. The Labute approximate surface area is 162 Å². The average molecular weight is 382 g/mol. The van der Waals surface area contributed by atoms with Crippen molar-refractivity contribution in [3.05, 3.63) is 47.0 Å². The lowest BCUT2D eigenvalue weighted by Gasteiger charge is -2.16. The maximum atomic E-state index is 11.7. The zero-order chi connectivity index (χ0) is 20.1. The summed E-state index contributed by atoms with van der Waals surface area (Å²) in [6.07, 6.45) is 1.42. The van der Waals surface area contributed by atoms with Gasteiger partial charge in [0.05, 0.1) is 12.7 Å². The van der Waals surface area contributed by atoms with Crippen LogP contribution >= 0.6 is 0 Å². The molecule has 0 saturated heterocycles. The largest absolute Gasteiger partial charge is 0.507 e. The third kappa shape index (κ3) is 3.95. The fraction of sp³-hybridized carbons (Fsp3) is 0.300. The van der Waals surface area contributed by atoms with Gasteiger partial charge in [-0.2, -0.15) is 5.21 Å². The molecule has 0 amide bonds. The van der Waals surface area contributed by atoms with Crippen LogP contribution < -0.4 is 9.47 Å². The maximum Gasteiger partial charge on any atom is 0.204 e. The number of hydrogen-bond acceptors (Lipinski definition) is 7. The number of H-pyrrole nitrogens is 1. The number of Topliss-reactive ketones (excluding diaryl/α,β-unsaturated/α-hetero) is 1. The highest BCUT2D eigenvalue weighted by molar-refractivity contribution is 5.97. The number of carbonyl (C=O) groups is 1. The Morgan fingerprint density at radius 1 is 1.21 bits per heavy atom. The van der Waals surface area contributed by atoms with E-state index in [2.05, 4.69) is 20.6 Å². The molecular formula is C20H22N4O4. The Morgan fingerprint density at radius 2 is 2.04 bits per heavy atom. The van der Waals surface area contributed by atoms with Crippen molar-refractivity contribution in [2.75, 3.05) is 7.11 Å². The van der Waals surface area contributed by atoms with Gasteiger partial charge < -0.3 is 14.6 Å². The van der Waals surface area contributed by atoms with E-state index in [1.54, 1.807) is 19.2 Å².